The molecule has 7 rings (SSSR count). The lowest BCUT2D eigenvalue weighted by atomic mass is 9.69. The van der Waals surface area contributed by atoms with Gasteiger partial charge in [0.15, 0.2) is 0 Å². The number of aromatic nitrogens is 4. The van der Waals surface area contributed by atoms with Crippen LogP contribution in [0.2, 0.25) is 0 Å². The molecule has 3 aromatic heterocycles. The van der Waals surface area contributed by atoms with Gasteiger partial charge in [0.05, 0.1) is 22.4 Å². The molecule has 6 aromatic rings. The van der Waals surface area contributed by atoms with Crippen LogP contribution in [0.5, 0.6) is 11.5 Å². The molecule has 3 heterocycles. The van der Waals surface area contributed by atoms with E-state index >= 15 is 0 Å². The molecule has 1 aliphatic rings. The number of pyridine rings is 1. The van der Waals surface area contributed by atoms with Gasteiger partial charge < -0.3 is 4.74 Å². The van der Waals surface area contributed by atoms with Crippen molar-refractivity contribution in [1.82, 2.24) is 19.3 Å². The van der Waals surface area contributed by atoms with Gasteiger partial charge in [-0.05, 0) is 104 Å². The molecule has 0 bridgehead atoms. The van der Waals surface area contributed by atoms with Crippen molar-refractivity contribution in [2.45, 2.75) is 92.9 Å². The minimum Gasteiger partial charge on any atom is -0.457 e. The van der Waals surface area contributed by atoms with Crippen molar-refractivity contribution in [2.75, 3.05) is 0 Å². The van der Waals surface area contributed by atoms with Gasteiger partial charge in [0.25, 0.3) is 0 Å². The predicted molar refractivity (Wildman–Crippen MR) is 204 cm³/mol. The maximum absolute atomic E-state index is 6.76. The molecule has 0 amide bonds. The molecule has 3 aromatic carbocycles. The van der Waals surface area contributed by atoms with Gasteiger partial charge in [0, 0.05) is 46.3 Å². The summed E-state index contributed by atoms with van der Waals surface area (Å²) in [5.74, 6) is 4.56. The van der Waals surface area contributed by atoms with Crippen LogP contribution < -0.4 is 4.74 Å². The number of hydrogen-bond donors (Lipinski definition) is 0. The Hall–Kier alpha value is -4.64. The zero-order chi connectivity index (χ0) is 34.4. The van der Waals surface area contributed by atoms with Gasteiger partial charge >= 0.3 is 0 Å². The summed E-state index contributed by atoms with van der Waals surface area (Å²) in [6.45, 7) is 18.1. The Morgan fingerprint density at radius 2 is 1.65 bits per heavy atom. The molecule has 1 unspecified atom stereocenters. The maximum Gasteiger partial charge on any atom is 0.137 e. The summed E-state index contributed by atoms with van der Waals surface area (Å²) in [6.07, 6.45) is 8.90. The number of allylic oxidation sites excluding steroid dienone is 2. The minimum absolute atomic E-state index is 0.333. The summed E-state index contributed by atoms with van der Waals surface area (Å²) >= 11 is 0. The molecule has 49 heavy (non-hydrogen) atoms. The number of nitrogens with zero attached hydrogens (tertiary/aromatic N) is 4. The Morgan fingerprint density at radius 1 is 0.857 bits per heavy atom. The Bertz CT molecular complexity index is 2180. The predicted octanol–water partition coefficient (Wildman–Crippen LogP) is 11.9. The normalized spacial score (nSPS) is 18.1. The SMILES string of the molecule is CCC1=C[C@H](C)C[C@H](CC)C1c1c(C)nn(-c2cc(Oc3ccc4c5ccccc5n(-c5cc(CC)ccn5)c4c3)cc(C(C)C)c2)c1C. The van der Waals surface area contributed by atoms with Crippen LogP contribution in [0.25, 0.3) is 33.3 Å². The first-order valence-corrected chi connectivity index (χ1v) is 18.3. The number of para-hydroxylation sites is 1. The molecule has 0 saturated carbocycles. The third kappa shape index (κ3) is 5.98. The molecule has 0 saturated heterocycles. The van der Waals surface area contributed by atoms with Crippen molar-refractivity contribution in [3.63, 3.8) is 0 Å². The van der Waals surface area contributed by atoms with E-state index in [0.717, 1.165) is 52.6 Å². The summed E-state index contributed by atoms with van der Waals surface area (Å²) < 4.78 is 11.2. The van der Waals surface area contributed by atoms with E-state index in [-0.39, 0.29) is 0 Å². The molecule has 252 valence electrons. The Balaban J connectivity index is 1.31. The fourth-order valence-corrected chi connectivity index (χ4v) is 8.29. The molecule has 1 aliphatic carbocycles. The van der Waals surface area contributed by atoms with Crippen LogP contribution in [0, 0.1) is 25.7 Å². The third-order valence-corrected chi connectivity index (χ3v) is 10.8. The lowest BCUT2D eigenvalue weighted by Crippen LogP contribution is -2.23. The second-order valence-electron chi connectivity index (χ2n) is 14.4. The Kier molecular flexibility index (Phi) is 8.96. The molecule has 0 aliphatic heterocycles. The lowest BCUT2D eigenvalue weighted by Gasteiger charge is -2.35. The van der Waals surface area contributed by atoms with E-state index in [0.29, 0.717) is 23.7 Å². The summed E-state index contributed by atoms with van der Waals surface area (Å²) in [6, 6.07) is 25.9. The van der Waals surface area contributed by atoms with Gasteiger partial charge in [0.2, 0.25) is 0 Å². The van der Waals surface area contributed by atoms with E-state index in [1.165, 1.54) is 46.0 Å². The fourth-order valence-electron chi connectivity index (χ4n) is 8.29. The highest BCUT2D eigenvalue weighted by Crippen LogP contribution is 2.46. The molecule has 0 N–H and O–H groups in total. The monoisotopic (exact) mass is 650 g/mol. The summed E-state index contributed by atoms with van der Waals surface area (Å²) in [7, 11) is 0. The smallest absolute Gasteiger partial charge is 0.137 e. The topological polar surface area (TPSA) is 44.9 Å². The van der Waals surface area contributed by atoms with Crippen LogP contribution in [0.4, 0.5) is 0 Å². The Labute approximate surface area is 291 Å². The zero-order valence-corrected chi connectivity index (χ0v) is 30.4. The van der Waals surface area contributed by atoms with Crippen molar-refractivity contribution >= 4 is 21.8 Å². The number of aryl methyl sites for hydroxylation is 2. The number of ether oxygens (including phenoxy) is 1. The van der Waals surface area contributed by atoms with Gasteiger partial charge in [-0.2, -0.15) is 5.10 Å². The molecule has 0 spiro atoms. The maximum atomic E-state index is 6.76. The van der Waals surface area contributed by atoms with E-state index in [9.17, 15) is 0 Å². The number of hydrogen-bond acceptors (Lipinski definition) is 3. The fraction of sp³-hybridized carbons (Fsp3) is 0.364. The van der Waals surface area contributed by atoms with Crippen LogP contribution in [0.15, 0.2) is 90.6 Å². The van der Waals surface area contributed by atoms with Crippen molar-refractivity contribution in [3.8, 4) is 23.0 Å². The van der Waals surface area contributed by atoms with Crippen LogP contribution in [-0.4, -0.2) is 19.3 Å². The summed E-state index contributed by atoms with van der Waals surface area (Å²) in [4.78, 5) is 4.80. The van der Waals surface area contributed by atoms with Crippen molar-refractivity contribution < 1.29 is 4.74 Å². The zero-order valence-electron chi connectivity index (χ0n) is 30.4. The summed E-state index contributed by atoms with van der Waals surface area (Å²) in [5, 5.41) is 7.60. The van der Waals surface area contributed by atoms with Gasteiger partial charge in [-0.25, -0.2) is 9.67 Å². The quantitative estimate of drug-likeness (QED) is 0.146. The van der Waals surface area contributed by atoms with Crippen molar-refractivity contribution in [1.29, 1.82) is 0 Å². The first kappa shape index (κ1) is 32.9. The van der Waals surface area contributed by atoms with E-state index in [1.54, 1.807) is 5.57 Å². The van der Waals surface area contributed by atoms with Crippen LogP contribution in [-0.2, 0) is 6.42 Å². The average molecular weight is 651 g/mol. The van der Waals surface area contributed by atoms with Gasteiger partial charge in [-0.3, -0.25) is 4.57 Å². The standard InChI is InChI=1S/C44H50N4O/c1-9-31-18-19-45-42(22-31)47-40-15-13-12-14-38(40)39-17-16-36(26-41(39)47)49-37-24-34(27(4)5)23-35(25-37)48-30(8)43(29(7)46-48)44-32(10-2)20-28(6)21-33(44)11-3/h12-20,22-28,33,44H,9-11,21H2,1-8H3/t28-,33-,44?/m0/s1. The molecule has 5 heteroatoms. The van der Waals surface area contributed by atoms with Gasteiger partial charge in [-0.1, -0.05) is 77.8 Å². The second kappa shape index (κ2) is 13.3. The third-order valence-electron chi connectivity index (χ3n) is 10.8. The van der Waals surface area contributed by atoms with E-state index in [1.807, 2.05) is 6.20 Å². The van der Waals surface area contributed by atoms with E-state index in [2.05, 4.69) is 144 Å². The van der Waals surface area contributed by atoms with Crippen LogP contribution >= 0.6 is 0 Å². The van der Waals surface area contributed by atoms with Gasteiger partial charge in [0.1, 0.15) is 17.3 Å². The second-order valence-corrected chi connectivity index (χ2v) is 14.4. The van der Waals surface area contributed by atoms with Crippen LogP contribution in [0.1, 0.15) is 101 Å². The van der Waals surface area contributed by atoms with Crippen LogP contribution in [0.3, 0.4) is 0 Å². The minimum atomic E-state index is 0.333. The molecule has 3 atom stereocenters. The number of fused-ring (bicyclic) bond motifs is 3. The number of benzene rings is 3. The average Bonchev–Trinajstić information content (AvgIpc) is 3.59. The molecule has 0 radical (unpaired) electrons. The first-order valence-electron chi connectivity index (χ1n) is 18.3. The summed E-state index contributed by atoms with van der Waals surface area (Å²) in [5.41, 5.74) is 11.1. The first-order chi connectivity index (χ1) is 23.7. The van der Waals surface area contributed by atoms with Gasteiger partial charge in [-0.15, -0.1) is 0 Å². The Morgan fingerprint density at radius 3 is 2.41 bits per heavy atom. The highest BCUT2D eigenvalue weighted by atomic mass is 16.5. The molecule has 0 fully saturated rings. The molecular formula is C44H50N4O. The molecule has 5 nitrogen and oxygen atoms in total. The van der Waals surface area contributed by atoms with E-state index in [4.69, 9.17) is 14.8 Å². The van der Waals surface area contributed by atoms with Crippen molar-refractivity contribution in [2.24, 2.45) is 11.8 Å². The largest absolute Gasteiger partial charge is 0.457 e. The highest BCUT2D eigenvalue weighted by molar-refractivity contribution is 6.09. The highest BCUT2D eigenvalue weighted by Gasteiger charge is 2.34. The van der Waals surface area contributed by atoms with Crippen molar-refractivity contribution in [3.05, 3.63) is 119 Å². The number of rotatable bonds is 9. The van der Waals surface area contributed by atoms with E-state index < -0.39 is 0 Å². The lowest BCUT2D eigenvalue weighted by molar-refractivity contribution is 0.347. The molecular weight excluding hydrogens is 601 g/mol.